The van der Waals surface area contributed by atoms with Crippen LogP contribution in [0.15, 0.2) is 85.3 Å². The van der Waals surface area contributed by atoms with Gasteiger partial charge < -0.3 is 4.74 Å². The van der Waals surface area contributed by atoms with Crippen molar-refractivity contribution in [2.75, 3.05) is 0 Å². The van der Waals surface area contributed by atoms with Gasteiger partial charge in [-0.2, -0.15) is 10.4 Å². The van der Waals surface area contributed by atoms with Crippen LogP contribution < -0.4 is 4.74 Å². The van der Waals surface area contributed by atoms with E-state index in [9.17, 15) is 9.18 Å². The maximum Gasteiger partial charge on any atom is 0.163 e. The molecule has 0 N–H and O–H groups in total. The summed E-state index contributed by atoms with van der Waals surface area (Å²) in [6.45, 7) is 1.85. The fourth-order valence-electron chi connectivity index (χ4n) is 4.11. The van der Waals surface area contributed by atoms with Gasteiger partial charge in [-0.25, -0.2) is 9.07 Å². The van der Waals surface area contributed by atoms with E-state index in [1.165, 1.54) is 12.1 Å². The molecule has 5 aromatic rings. The molecule has 2 aromatic heterocycles. The number of aromatic nitrogens is 3. The molecule has 0 aliphatic rings. The summed E-state index contributed by atoms with van der Waals surface area (Å²) in [7, 11) is 0. The molecule has 0 unspecified atom stereocenters. The first-order valence-electron chi connectivity index (χ1n) is 11.4. The van der Waals surface area contributed by atoms with Gasteiger partial charge in [0, 0.05) is 41.5 Å². The topological polar surface area (TPSA) is 80.8 Å². The van der Waals surface area contributed by atoms with Crippen molar-refractivity contribution in [1.29, 1.82) is 5.26 Å². The molecule has 0 spiro atoms. The Labute approximate surface area is 207 Å². The lowest BCUT2D eigenvalue weighted by Crippen LogP contribution is -2.05. The lowest BCUT2D eigenvalue weighted by molar-refractivity contribution is 0.0982. The number of ketones is 1. The Kier molecular flexibility index (Phi) is 6.25. The molecule has 2 heterocycles. The van der Waals surface area contributed by atoms with E-state index in [2.05, 4.69) is 10.1 Å². The number of rotatable bonds is 7. The number of nitrogens with zero attached hydrogens (tertiary/aromatic N) is 4. The largest absolute Gasteiger partial charge is 0.456 e. The number of halogens is 1. The molecular weight excluding hydrogens is 455 g/mol. The highest BCUT2D eigenvalue weighted by Crippen LogP contribution is 2.33. The summed E-state index contributed by atoms with van der Waals surface area (Å²) in [4.78, 5) is 17.5. The molecule has 0 radical (unpaired) electrons. The Morgan fingerprint density at radius 2 is 1.94 bits per heavy atom. The van der Waals surface area contributed by atoms with Gasteiger partial charge in [0.2, 0.25) is 0 Å². The number of benzene rings is 3. The molecule has 0 amide bonds. The third-order valence-corrected chi connectivity index (χ3v) is 6.05. The molecule has 7 heteroatoms. The molecule has 0 fully saturated rings. The summed E-state index contributed by atoms with van der Waals surface area (Å²) in [5, 5.41) is 14.0. The van der Waals surface area contributed by atoms with E-state index in [1.807, 2.05) is 43.5 Å². The van der Waals surface area contributed by atoms with Crippen LogP contribution in [0.2, 0.25) is 0 Å². The number of carbonyl (C=O) groups excluding carboxylic acids is 1. The molecule has 0 saturated carbocycles. The molecule has 36 heavy (non-hydrogen) atoms. The summed E-state index contributed by atoms with van der Waals surface area (Å²) >= 11 is 0. The van der Waals surface area contributed by atoms with E-state index < -0.39 is 5.82 Å². The lowest BCUT2D eigenvalue weighted by Gasteiger charge is -2.14. The molecule has 6 nitrogen and oxygen atoms in total. The van der Waals surface area contributed by atoms with Crippen molar-refractivity contribution in [1.82, 2.24) is 14.8 Å². The summed E-state index contributed by atoms with van der Waals surface area (Å²) in [5.41, 5.74) is 3.60. The minimum Gasteiger partial charge on any atom is -0.456 e. The number of nitriles is 1. The first-order valence-corrected chi connectivity index (χ1v) is 11.4. The molecule has 5 rings (SSSR count). The first-order chi connectivity index (χ1) is 17.5. The Hall–Kier alpha value is -4.83. The van der Waals surface area contributed by atoms with E-state index in [-0.39, 0.29) is 17.8 Å². The number of fused-ring (bicyclic) bond motifs is 1. The van der Waals surface area contributed by atoms with Crippen LogP contribution in [0, 0.1) is 24.1 Å². The zero-order chi connectivity index (χ0) is 25.1. The predicted octanol–water partition coefficient (Wildman–Crippen LogP) is 6.35. The average Bonchev–Trinajstić information content (AvgIpc) is 3.44. The predicted molar refractivity (Wildman–Crippen MR) is 134 cm³/mol. The fourth-order valence-corrected chi connectivity index (χ4v) is 4.11. The summed E-state index contributed by atoms with van der Waals surface area (Å²) in [5.74, 6) is 0.572. The lowest BCUT2D eigenvalue weighted by atomic mass is 9.98. The molecule has 0 aliphatic heterocycles. The maximum absolute atomic E-state index is 13.9. The average molecular weight is 477 g/mol. The van der Waals surface area contributed by atoms with Crippen molar-refractivity contribution in [2.45, 2.75) is 19.8 Å². The van der Waals surface area contributed by atoms with Crippen LogP contribution in [0.5, 0.6) is 11.5 Å². The third kappa shape index (κ3) is 4.57. The summed E-state index contributed by atoms with van der Waals surface area (Å²) < 4.78 is 21.9. The Morgan fingerprint density at radius 1 is 1.06 bits per heavy atom. The number of aryl methyl sites for hydroxylation is 1. The number of hydrogen-bond acceptors (Lipinski definition) is 5. The summed E-state index contributed by atoms with van der Waals surface area (Å²) in [6, 6.07) is 21.1. The van der Waals surface area contributed by atoms with Gasteiger partial charge in [-0.3, -0.25) is 9.78 Å². The van der Waals surface area contributed by atoms with E-state index in [1.54, 1.807) is 47.4 Å². The van der Waals surface area contributed by atoms with Crippen LogP contribution in [-0.2, 0) is 6.42 Å². The van der Waals surface area contributed by atoms with Crippen LogP contribution in [0.1, 0.15) is 33.5 Å². The second-order valence-electron chi connectivity index (χ2n) is 8.34. The van der Waals surface area contributed by atoms with Gasteiger partial charge in [0.1, 0.15) is 23.4 Å². The van der Waals surface area contributed by atoms with Crippen molar-refractivity contribution in [2.24, 2.45) is 0 Å². The molecular formula is C29H21FN4O2. The second kappa shape index (κ2) is 9.80. The fraction of sp³-hybridized carbons (Fsp3) is 0.103. The highest BCUT2D eigenvalue weighted by atomic mass is 19.1. The Bertz CT molecular complexity index is 1620. The van der Waals surface area contributed by atoms with Crippen molar-refractivity contribution in [3.63, 3.8) is 0 Å². The monoisotopic (exact) mass is 476 g/mol. The highest BCUT2D eigenvalue weighted by Gasteiger charge is 2.15. The highest BCUT2D eigenvalue weighted by molar-refractivity contribution is 5.98. The standard InChI is InChI=1S/C29H21FN4O2/c1-19-23(27(35)11-7-20-6-8-21(18-31)25(30)16-20)4-2-5-28(19)36-29-12-14-32-26-17-22(9-10-24(26)29)34-15-3-13-33-34/h2-6,8-10,12-17H,7,11H2,1H3. The summed E-state index contributed by atoms with van der Waals surface area (Å²) in [6.07, 6.45) is 5.86. The van der Waals surface area contributed by atoms with Gasteiger partial charge in [0.15, 0.2) is 5.78 Å². The van der Waals surface area contributed by atoms with E-state index in [4.69, 9.17) is 10.00 Å². The Morgan fingerprint density at radius 3 is 2.72 bits per heavy atom. The van der Waals surface area contributed by atoms with Crippen molar-refractivity contribution < 1.29 is 13.9 Å². The number of hydrogen-bond donors (Lipinski definition) is 0. The zero-order valence-electron chi connectivity index (χ0n) is 19.5. The molecule has 3 aromatic carbocycles. The van der Waals surface area contributed by atoms with E-state index in [0.717, 1.165) is 22.2 Å². The zero-order valence-corrected chi connectivity index (χ0v) is 19.5. The van der Waals surface area contributed by atoms with Gasteiger partial charge in [-0.15, -0.1) is 0 Å². The van der Waals surface area contributed by atoms with Gasteiger partial charge in [-0.05, 0) is 67.4 Å². The Balaban J connectivity index is 1.36. The number of pyridine rings is 1. The van der Waals surface area contributed by atoms with E-state index >= 15 is 0 Å². The third-order valence-electron chi connectivity index (χ3n) is 6.05. The molecule has 0 saturated heterocycles. The minimum atomic E-state index is -0.574. The number of ether oxygens (including phenoxy) is 1. The first kappa shape index (κ1) is 22.9. The number of Topliss-reactive ketones (excluding diaryl/α,β-unsaturated/α-hetero) is 1. The molecule has 0 aliphatic carbocycles. The van der Waals surface area contributed by atoms with Crippen LogP contribution in [0.25, 0.3) is 16.6 Å². The van der Waals surface area contributed by atoms with Crippen LogP contribution in [0.3, 0.4) is 0 Å². The quantitative estimate of drug-likeness (QED) is 0.256. The van der Waals surface area contributed by atoms with Crippen LogP contribution >= 0.6 is 0 Å². The number of carbonyl (C=O) groups is 1. The van der Waals surface area contributed by atoms with Crippen LogP contribution in [-0.4, -0.2) is 20.5 Å². The second-order valence-corrected chi connectivity index (χ2v) is 8.34. The van der Waals surface area contributed by atoms with Crippen LogP contribution in [0.4, 0.5) is 4.39 Å². The molecule has 176 valence electrons. The van der Waals surface area contributed by atoms with Gasteiger partial charge in [0.05, 0.1) is 16.8 Å². The molecule has 0 bridgehead atoms. The van der Waals surface area contributed by atoms with Crippen molar-refractivity contribution in [3.8, 4) is 23.3 Å². The minimum absolute atomic E-state index is 0.00739. The normalized spacial score (nSPS) is 10.8. The van der Waals surface area contributed by atoms with Gasteiger partial charge >= 0.3 is 0 Å². The van der Waals surface area contributed by atoms with Gasteiger partial charge in [0.25, 0.3) is 0 Å². The van der Waals surface area contributed by atoms with Gasteiger partial charge in [-0.1, -0.05) is 18.2 Å². The SMILES string of the molecule is Cc1c(Oc2ccnc3cc(-n4cccn4)ccc23)cccc1C(=O)CCc1ccc(C#N)c(F)c1. The van der Waals surface area contributed by atoms with Crippen molar-refractivity contribution >= 4 is 16.7 Å². The van der Waals surface area contributed by atoms with Crippen molar-refractivity contribution in [3.05, 3.63) is 113 Å². The van der Waals surface area contributed by atoms with E-state index in [0.29, 0.717) is 29.0 Å². The molecule has 0 atom stereocenters. The maximum atomic E-state index is 13.9. The smallest absolute Gasteiger partial charge is 0.163 e.